The fourth-order valence-corrected chi connectivity index (χ4v) is 3.27. The molecule has 1 amide bonds. The standard InChI is InChI=1S/C19H12F6N4O2S/c20-18(21,22)15(9-13(30)14-7-4-8-32-14)27-28-17(31)12-10-26-29(16(12)19(23,24)25)11-5-2-1-3-6-11/h1-8,10H,9H2,(H,28,31)/b27-15+. The number of carbonyl (C=O) groups is 2. The lowest BCUT2D eigenvalue weighted by Crippen LogP contribution is -2.31. The van der Waals surface area contributed by atoms with Crippen molar-refractivity contribution >= 4 is 28.7 Å². The first-order valence-electron chi connectivity index (χ1n) is 8.70. The smallest absolute Gasteiger partial charge is 0.293 e. The number of nitrogens with one attached hydrogen (secondary N) is 1. The van der Waals surface area contributed by atoms with Crippen molar-refractivity contribution in [2.24, 2.45) is 5.10 Å². The number of aromatic nitrogens is 2. The largest absolute Gasteiger partial charge is 0.434 e. The number of thiophene rings is 1. The Morgan fingerprint density at radius 3 is 2.28 bits per heavy atom. The minimum absolute atomic E-state index is 0.0140. The fraction of sp³-hybridized carbons (Fsp3) is 0.158. The van der Waals surface area contributed by atoms with E-state index in [-0.39, 0.29) is 10.6 Å². The van der Waals surface area contributed by atoms with E-state index in [1.54, 1.807) is 6.07 Å². The molecule has 0 fully saturated rings. The summed E-state index contributed by atoms with van der Waals surface area (Å²) >= 11 is 0.915. The van der Waals surface area contributed by atoms with Gasteiger partial charge in [-0.15, -0.1) is 11.3 Å². The topological polar surface area (TPSA) is 76.3 Å². The second-order valence-electron chi connectivity index (χ2n) is 6.23. The van der Waals surface area contributed by atoms with E-state index in [0.29, 0.717) is 10.9 Å². The second kappa shape index (κ2) is 8.94. The van der Waals surface area contributed by atoms with Crippen LogP contribution in [-0.4, -0.2) is 33.4 Å². The number of alkyl halides is 6. The summed E-state index contributed by atoms with van der Waals surface area (Å²) < 4.78 is 81.0. The molecule has 0 radical (unpaired) electrons. The van der Waals surface area contributed by atoms with E-state index in [1.807, 2.05) is 0 Å². The zero-order valence-electron chi connectivity index (χ0n) is 15.7. The van der Waals surface area contributed by atoms with E-state index in [4.69, 9.17) is 0 Å². The van der Waals surface area contributed by atoms with Gasteiger partial charge in [0.25, 0.3) is 5.91 Å². The van der Waals surface area contributed by atoms with Gasteiger partial charge in [-0.05, 0) is 23.6 Å². The van der Waals surface area contributed by atoms with E-state index in [1.165, 1.54) is 47.2 Å². The van der Waals surface area contributed by atoms with Crippen molar-refractivity contribution in [3.05, 3.63) is 70.2 Å². The average Bonchev–Trinajstić information content (AvgIpc) is 3.40. The molecule has 0 atom stereocenters. The number of hydrogen-bond donors (Lipinski definition) is 1. The van der Waals surface area contributed by atoms with Crippen LogP contribution in [0.15, 0.2) is 59.1 Å². The van der Waals surface area contributed by atoms with Crippen LogP contribution in [0.5, 0.6) is 0 Å². The third-order valence-corrected chi connectivity index (χ3v) is 4.94. The van der Waals surface area contributed by atoms with Gasteiger partial charge in [-0.3, -0.25) is 9.59 Å². The lowest BCUT2D eigenvalue weighted by Gasteiger charge is -2.13. The molecule has 6 nitrogen and oxygen atoms in total. The minimum atomic E-state index is -5.10. The van der Waals surface area contributed by atoms with Crippen molar-refractivity contribution in [3.8, 4) is 5.69 Å². The zero-order valence-corrected chi connectivity index (χ0v) is 16.6. The maximum absolute atomic E-state index is 13.6. The highest BCUT2D eigenvalue weighted by atomic mass is 32.1. The molecule has 3 rings (SSSR count). The Balaban J connectivity index is 1.90. The van der Waals surface area contributed by atoms with Gasteiger partial charge < -0.3 is 0 Å². The molecule has 0 aliphatic carbocycles. The molecule has 13 heteroatoms. The Kier molecular flexibility index (Phi) is 6.48. The van der Waals surface area contributed by atoms with E-state index in [2.05, 4.69) is 10.2 Å². The predicted molar refractivity (Wildman–Crippen MR) is 103 cm³/mol. The van der Waals surface area contributed by atoms with E-state index in [9.17, 15) is 35.9 Å². The summed E-state index contributed by atoms with van der Waals surface area (Å²) in [5.41, 5.74) is -2.73. The normalized spacial score (nSPS) is 12.6. The summed E-state index contributed by atoms with van der Waals surface area (Å²) in [6, 6.07) is 9.84. The Morgan fingerprint density at radius 1 is 1.03 bits per heavy atom. The van der Waals surface area contributed by atoms with Gasteiger partial charge in [0, 0.05) is 0 Å². The van der Waals surface area contributed by atoms with Gasteiger partial charge in [-0.1, -0.05) is 24.3 Å². The molecule has 168 valence electrons. The lowest BCUT2D eigenvalue weighted by molar-refractivity contribution is -0.143. The van der Waals surface area contributed by atoms with Crippen LogP contribution in [0.1, 0.15) is 32.1 Å². The van der Waals surface area contributed by atoms with Crippen molar-refractivity contribution in [1.29, 1.82) is 0 Å². The summed E-state index contributed by atoms with van der Waals surface area (Å²) in [5, 5.41) is 7.93. The molecule has 0 aliphatic heterocycles. The maximum Gasteiger partial charge on any atom is 0.434 e. The van der Waals surface area contributed by atoms with Crippen molar-refractivity contribution in [2.75, 3.05) is 0 Å². The maximum atomic E-state index is 13.6. The van der Waals surface area contributed by atoms with Crippen LogP contribution in [0.2, 0.25) is 0 Å². The van der Waals surface area contributed by atoms with Gasteiger partial charge in [0.15, 0.2) is 11.5 Å². The monoisotopic (exact) mass is 474 g/mol. The van der Waals surface area contributed by atoms with E-state index < -0.39 is 47.4 Å². The van der Waals surface area contributed by atoms with Crippen LogP contribution in [0.3, 0.4) is 0 Å². The van der Waals surface area contributed by atoms with Gasteiger partial charge in [-0.25, -0.2) is 10.1 Å². The number of halogens is 6. The first-order chi connectivity index (χ1) is 15.0. The molecule has 1 aromatic carbocycles. The second-order valence-corrected chi connectivity index (χ2v) is 7.17. The Hall–Kier alpha value is -3.48. The summed E-state index contributed by atoms with van der Waals surface area (Å²) in [5.74, 6) is -2.47. The molecule has 0 saturated heterocycles. The number of para-hydroxylation sites is 1. The Bertz CT molecular complexity index is 1140. The quantitative estimate of drug-likeness (QED) is 0.240. The molecule has 32 heavy (non-hydrogen) atoms. The minimum Gasteiger partial charge on any atom is -0.293 e. The van der Waals surface area contributed by atoms with Crippen molar-refractivity contribution in [3.63, 3.8) is 0 Å². The summed E-state index contributed by atoms with van der Waals surface area (Å²) in [6.07, 6.45) is -10.8. The highest BCUT2D eigenvalue weighted by molar-refractivity contribution is 7.12. The van der Waals surface area contributed by atoms with Crippen molar-refractivity contribution in [2.45, 2.75) is 18.8 Å². The van der Waals surface area contributed by atoms with Crippen LogP contribution in [0.25, 0.3) is 5.69 Å². The number of hydrazone groups is 1. The third kappa shape index (κ3) is 5.22. The highest BCUT2D eigenvalue weighted by Gasteiger charge is 2.41. The summed E-state index contributed by atoms with van der Waals surface area (Å²) in [6.45, 7) is 0. The Labute approximate surface area is 180 Å². The van der Waals surface area contributed by atoms with E-state index in [0.717, 1.165) is 11.3 Å². The molecule has 0 spiro atoms. The molecule has 3 aromatic rings. The number of ketones is 1. The van der Waals surface area contributed by atoms with Crippen LogP contribution < -0.4 is 5.43 Å². The number of rotatable bonds is 6. The van der Waals surface area contributed by atoms with Crippen LogP contribution >= 0.6 is 11.3 Å². The molecular weight excluding hydrogens is 462 g/mol. The summed E-state index contributed by atoms with van der Waals surface area (Å²) in [4.78, 5) is 24.3. The van der Waals surface area contributed by atoms with Crippen LogP contribution in [0.4, 0.5) is 26.3 Å². The predicted octanol–water partition coefficient (Wildman–Crippen LogP) is 4.87. The van der Waals surface area contributed by atoms with Gasteiger partial charge in [0.05, 0.1) is 28.7 Å². The van der Waals surface area contributed by atoms with E-state index >= 15 is 0 Å². The van der Waals surface area contributed by atoms with Crippen molar-refractivity contribution < 1.29 is 35.9 Å². The molecule has 2 aromatic heterocycles. The molecular formula is C19H12F6N4O2S. The molecule has 0 saturated carbocycles. The molecule has 0 bridgehead atoms. The van der Waals surface area contributed by atoms with Crippen LogP contribution in [-0.2, 0) is 6.18 Å². The highest BCUT2D eigenvalue weighted by Crippen LogP contribution is 2.33. The molecule has 1 N–H and O–H groups in total. The third-order valence-electron chi connectivity index (χ3n) is 4.03. The number of hydrogen-bond acceptors (Lipinski definition) is 5. The number of nitrogens with zero attached hydrogens (tertiary/aromatic N) is 3. The number of carbonyl (C=O) groups excluding carboxylic acids is 2. The SMILES string of the molecule is O=C(C/C(=N\NC(=O)c1cnn(-c2ccccc2)c1C(F)(F)F)C(F)(F)F)c1cccs1. The zero-order chi connectivity index (χ0) is 23.5. The lowest BCUT2D eigenvalue weighted by atomic mass is 10.1. The number of benzene rings is 1. The summed E-state index contributed by atoms with van der Waals surface area (Å²) in [7, 11) is 0. The molecule has 2 heterocycles. The van der Waals surface area contributed by atoms with Crippen LogP contribution in [0, 0.1) is 0 Å². The molecule has 0 unspecified atom stereocenters. The fourth-order valence-electron chi connectivity index (χ4n) is 2.61. The van der Waals surface area contributed by atoms with Gasteiger partial charge in [-0.2, -0.15) is 36.5 Å². The van der Waals surface area contributed by atoms with Gasteiger partial charge in [0.2, 0.25) is 0 Å². The van der Waals surface area contributed by atoms with Gasteiger partial charge in [0.1, 0.15) is 5.71 Å². The molecule has 0 aliphatic rings. The first-order valence-corrected chi connectivity index (χ1v) is 9.58. The Morgan fingerprint density at radius 2 is 1.72 bits per heavy atom. The number of amides is 1. The first kappa shape index (κ1) is 23.2. The number of Topliss-reactive ketones (excluding diaryl/α,β-unsaturated/α-hetero) is 1. The average molecular weight is 474 g/mol. The van der Waals surface area contributed by atoms with Crippen molar-refractivity contribution in [1.82, 2.24) is 15.2 Å². The van der Waals surface area contributed by atoms with Gasteiger partial charge >= 0.3 is 12.4 Å².